The van der Waals surface area contributed by atoms with Gasteiger partial charge in [-0.2, -0.15) is 5.26 Å². The Morgan fingerprint density at radius 2 is 1.63 bits per heavy atom. The van der Waals surface area contributed by atoms with E-state index in [0.717, 1.165) is 23.4 Å². The van der Waals surface area contributed by atoms with E-state index in [4.69, 9.17) is 5.26 Å². The number of benzene rings is 1. The van der Waals surface area contributed by atoms with Gasteiger partial charge in [0.2, 0.25) is 0 Å². The van der Waals surface area contributed by atoms with Crippen LogP contribution in [-0.2, 0) is 11.2 Å². The Hall–Kier alpha value is -3.20. The van der Waals surface area contributed by atoms with Crippen LogP contribution in [0.5, 0.6) is 0 Å². The summed E-state index contributed by atoms with van der Waals surface area (Å²) < 4.78 is 0. The zero-order valence-corrected chi connectivity index (χ0v) is 19.4. The Morgan fingerprint density at radius 3 is 2.07 bits per heavy atom. The van der Waals surface area contributed by atoms with E-state index in [9.17, 15) is 9.59 Å². The topological polar surface area (TPSA) is 86.1 Å². The van der Waals surface area contributed by atoms with Crippen LogP contribution in [0.15, 0.2) is 36.4 Å². The van der Waals surface area contributed by atoms with Crippen molar-refractivity contribution in [1.82, 2.24) is 10.3 Å². The van der Waals surface area contributed by atoms with Crippen LogP contribution < -0.4 is 10.2 Å². The molecule has 6 heteroatoms. The van der Waals surface area contributed by atoms with Crippen LogP contribution >= 0.6 is 0 Å². The summed E-state index contributed by atoms with van der Waals surface area (Å²) in [6.07, 6.45) is 0.772. The van der Waals surface area contributed by atoms with Crippen LogP contribution in [0, 0.1) is 25.2 Å². The first kappa shape index (κ1) is 26.8. The molecule has 1 unspecified atom stereocenters. The van der Waals surface area contributed by atoms with E-state index in [1.54, 1.807) is 19.1 Å². The van der Waals surface area contributed by atoms with Crippen LogP contribution in [-0.4, -0.2) is 23.0 Å². The Balaban J connectivity index is 0.000000547. The monoisotopic (exact) mass is 410 g/mol. The molecule has 30 heavy (non-hydrogen) atoms. The highest BCUT2D eigenvalue weighted by Crippen LogP contribution is 2.21. The number of imide groups is 1. The number of nitrogens with one attached hydrogen (secondary N) is 1. The predicted molar refractivity (Wildman–Crippen MR) is 122 cm³/mol. The molecule has 1 aliphatic heterocycles. The number of carbonyl (C=O) groups excluding carboxylic acids is 2. The molecule has 2 aromatic rings. The summed E-state index contributed by atoms with van der Waals surface area (Å²) in [5, 5.41) is 11.0. The summed E-state index contributed by atoms with van der Waals surface area (Å²) in [5.74, 6) is -0.220. The van der Waals surface area contributed by atoms with Gasteiger partial charge in [0.1, 0.15) is 6.04 Å². The molecule has 0 radical (unpaired) electrons. The van der Waals surface area contributed by atoms with E-state index in [1.165, 1.54) is 10.5 Å². The van der Waals surface area contributed by atoms with Crippen LogP contribution in [0.3, 0.4) is 0 Å². The summed E-state index contributed by atoms with van der Waals surface area (Å²) >= 11 is 0. The van der Waals surface area contributed by atoms with E-state index in [2.05, 4.69) is 16.4 Å². The lowest BCUT2D eigenvalue weighted by Crippen LogP contribution is -2.31. The molecule has 1 fully saturated rings. The molecule has 1 N–H and O–H groups in total. The van der Waals surface area contributed by atoms with E-state index in [-0.39, 0.29) is 11.9 Å². The van der Waals surface area contributed by atoms with Gasteiger partial charge in [0.15, 0.2) is 0 Å². The number of urea groups is 1. The van der Waals surface area contributed by atoms with Gasteiger partial charge in [0.25, 0.3) is 5.91 Å². The molecule has 3 amide bonds. The van der Waals surface area contributed by atoms with Gasteiger partial charge in [-0.15, -0.1) is 0 Å². The fraction of sp³-hybridized carbons (Fsp3) is 0.417. The minimum atomic E-state index is -0.457. The lowest BCUT2D eigenvalue weighted by molar-refractivity contribution is -0.117. The first-order valence-electron chi connectivity index (χ1n) is 10.4. The number of rotatable bonds is 2. The van der Waals surface area contributed by atoms with Crippen molar-refractivity contribution in [2.75, 3.05) is 4.90 Å². The number of hydrogen-bond acceptors (Lipinski definition) is 4. The van der Waals surface area contributed by atoms with Gasteiger partial charge in [0.05, 0.1) is 17.3 Å². The molecule has 0 aliphatic carbocycles. The van der Waals surface area contributed by atoms with Gasteiger partial charge in [-0.3, -0.25) is 9.78 Å². The Labute approximate surface area is 180 Å². The minimum Gasteiger partial charge on any atom is -0.326 e. The van der Waals surface area contributed by atoms with Gasteiger partial charge in [-0.05, 0) is 51.5 Å². The maximum atomic E-state index is 11.8. The van der Waals surface area contributed by atoms with Crippen LogP contribution in [0.4, 0.5) is 10.5 Å². The van der Waals surface area contributed by atoms with E-state index in [0.29, 0.717) is 5.69 Å². The van der Waals surface area contributed by atoms with Crippen LogP contribution in [0.25, 0.3) is 0 Å². The molecule has 0 spiro atoms. The molecular formula is C24H34N4O2. The number of anilines is 1. The summed E-state index contributed by atoms with van der Waals surface area (Å²) in [5.41, 5.74) is 4.19. The average molecular weight is 411 g/mol. The molecule has 1 aromatic heterocycles. The number of pyridine rings is 1. The first-order chi connectivity index (χ1) is 14.3. The number of aryl methyl sites for hydroxylation is 3. The molecule has 1 saturated heterocycles. The molecule has 6 nitrogen and oxygen atoms in total. The lowest BCUT2D eigenvalue weighted by Gasteiger charge is -2.14. The van der Waals surface area contributed by atoms with Gasteiger partial charge < -0.3 is 5.32 Å². The number of hydrogen-bond donors (Lipinski definition) is 1. The third kappa shape index (κ3) is 7.67. The van der Waals surface area contributed by atoms with Crippen molar-refractivity contribution in [3.63, 3.8) is 0 Å². The molecule has 0 bridgehead atoms. The maximum absolute atomic E-state index is 11.8. The highest BCUT2D eigenvalue weighted by Gasteiger charge is 2.36. The third-order valence-electron chi connectivity index (χ3n) is 3.93. The summed E-state index contributed by atoms with van der Waals surface area (Å²) in [4.78, 5) is 29.0. The second-order valence-electron chi connectivity index (χ2n) is 6.13. The molecule has 1 atom stereocenters. The van der Waals surface area contributed by atoms with Crippen LogP contribution in [0.2, 0.25) is 0 Å². The number of nitriles is 1. The highest BCUT2D eigenvalue weighted by molar-refractivity contribution is 6.21. The normalized spacial score (nSPS) is 14.1. The summed E-state index contributed by atoms with van der Waals surface area (Å²) in [6.45, 7) is 15.5. The smallest absolute Gasteiger partial charge is 0.326 e. The predicted octanol–water partition coefficient (Wildman–Crippen LogP) is 5.32. The number of nitrogens with zero attached hydrogens (tertiary/aromatic N) is 3. The Kier molecular flexibility index (Phi) is 12.4. The SMILES string of the molecule is CC.CC.CCc1cc(N2C(=O)NC(C)C2=O)cc(C)n1.Cc1ccc(C#N)cc1. The maximum Gasteiger partial charge on any atom is 0.329 e. The fourth-order valence-electron chi connectivity index (χ4n) is 2.51. The van der Waals surface area contributed by atoms with Crippen molar-refractivity contribution in [1.29, 1.82) is 5.26 Å². The van der Waals surface area contributed by atoms with Crippen molar-refractivity contribution in [2.24, 2.45) is 0 Å². The van der Waals surface area contributed by atoms with Gasteiger partial charge in [-0.1, -0.05) is 52.3 Å². The zero-order valence-electron chi connectivity index (χ0n) is 19.4. The summed E-state index contributed by atoms with van der Waals surface area (Å²) in [6, 6.07) is 12.2. The Bertz CT molecular complexity index is 854. The standard InChI is InChI=1S/C12H15N3O2.C8H7N.2C2H6/c1-4-9-6-10(5-7(2)13-9)15-11(16)8(3)14-12(15)17;1-7-2-4-8(6-9)5-3-7;2*1-2/h5-6,8H,4H2,1-3H3,(H,14,17);2-5H,1H3;2*1-2H3. The molecule has 1 aromatic carbocycles. The van der Waals surface area contributed by atoms with Crippen molar-refractivity contribution >= 4 is 17.6 Å². The van der Waals surface area contributed by atoms with E-state index < -0.39 is 6.04 Å². The lowest BCUT2D eigenvalue weighted by atomic mass is 10.2. The zero-order chi connectivity index (χ0) is 23.3. The summed E-state index contributed by atoms with van der Waals surface area (Å²) in [7, 11) is 0. The molecular weight excluding hydrogens is 376 g/mol. The van der Waals surface area contributed by atoms with Crippen LogP contribution in [0.1, 0.15) is 64.1 Å². The fourth-order valence-corrected chi connectivity index (χ4v) is 2.51. The second kappa shape index (κ2) is 13.9. The van der Waals surface area contributed by atoms with Crippen molar-refractivity contribution in [2.45, 2.75) is 67.9 Å². The van der Waals surface area contributed by atoms with Crippen molar-refractivity contribution < 1.29 is 9.59 Å². The Morgan fingerprint density at radius 1 is 1.07 bits per heavy atom. The molecule has 2 heterocycles. The molecule has 1 aliphatic rings. The molecule has 162 valence electrons. The number of aromatic nitrogens is 1. The second-order valence-corrected chi connectivity index (χ2v) is 6.13. The third-order valence-corrected chi connectivity index (χ3v) is 3.93. The average Bonchev–Trinajstić information content (AvgIpc) is 3.02. The van der Waals surface area contributed by atoms with Crippen molar-refractivity contribution in [3.8, 4) is 6.07 Å². The van der Waals surface area contributed by atoms with Gasteiger partial charge >= 0.3 is 6.03 Å². The number of carbonyl (C=O) groups is 2. The van der Waals surface area contributed by atoms with E-state index >= 15 is 0 Å². The van der Waals surface area contributed by atoms with Gasteiger partial charge in [0, 0.05) is 11.4 Å². The minimum absolute atomic E-state index is 0.220. The molecule has 0 saturated carbocycles. The van der Waals surface area contributed by atoms with E-state index in [1.807, 2.05) is 72.7 Å². The number of amides is 3. The highest BCUT2D eigenvalue weighted by atomic mass is 16.2. The molecule has 3 rings (SSSR count). The van der Waals surface area contributed by atoms with Gasteiger partial charge in [-0.25, -0.2) is 9.69 Å². The quantitative estimate of drug-likeness (QED) is 0.679. The largest absolute Gasteiger partial charge is 0.329 e. The first-order valence-corrected chi connectivity index (χ1v) is 10.4. The van der Waals surface area contributed by atoms with Crippen molar-refractivity contribution in [3.05, 3.63) is 58.9 Å².